The topological polar surface area (TPSA) is 28.7 Å². The Morgan fingerprint density at radius 2 is 1.88 bits per heavy atom. The van der Waals surface area contributed by atoms with Crippen molar-refractivity contribution in [2.24, 2.45) is 7.05 Å². The number of nitrogens with zero attached hydrogens (tertiary/aromatic N) is 2. The van der Waals surface area contributed by atoms with Gasteiger partial charge in [-0.25, -0.2) is 0 Å². The second-order valence-corrected chi connectivity index (χ2v) is 4.34. The monoisotopic (exact) mass is 220 g/mol. The molecule has 0 aliphatic carbocycles. The quantitative estimate of drug-likeness (QED) is 0.570. The Hall–Kier alpha value is -2.27. The van der Waals surface area contributed by atoms with Gasteiger partial charge in [0, 0.05) is 17.8 Å². The number of aromatic nitrogens is 1. The molecular weight excluding hydrogens is 208 g/mol. The molecule has 0 unspecified atom stereocenters. The first-order chi connectivity index (χ1) is 8.24. The summed E-state index contributed by atoms with van der Waals surface area (Å²) in [6, 6.07) is 14.4. The lowest BCUT2D eigenvalue weighted by Crippen LogP contribution is -1.88. The van der Waals surface area contributed by atoms with Crippen LogP contribution in [0.3, 0.4) is 0 Å². The highest BCUT2D eigenvalue weighted by molar-refractivity contribution is 6.11. The van der Waals surface area contributed by atoms with Gasteiger partial charge in [0.2, 0.25) is 0 Å². The molecule has 2 heteroatoms. The summed E-state index contributed by atoms with van der Waals surface area (Å²) in [5, 5.41) is 11.4. The summed E-state index contributed by atoms with van der Waals surface area (Å²) >= 11 is 0. The van der Waals surface area contributed by atoms with Crippen molar-refractivity contribution in [3.05, 3.63) is 47.5 Å². The molecule has 82 valence electrons. The van der Waals surface area contributed by atoms with Crippen LogP contribution in [0.15, 0.2) is 36.4 Å². The molecule has 0 bridgehead atoms. The summed E-state index contributed by atoms with van der Waals surface area (Å²) in [6.07, 6.45) is 0. The molecule has 1 aromatic heterocycles. The highest BCUT2D eigenvalue weighted by Crippen LogP contribution is 2.31. The Morgan fingerprint density at radius 3 is 2.65 bits per heavy atom. The summed E-state index contributed by atoms with van der Waals surface area (Å²) in [4.78, 5) is 0. The van der Waals surface area contributed by atoms with Gasteiger partial charge in [0.1, 0.15) is 0 Å². The van der Waals surface area contributed by atoms with E-state index in [0.29, 0.717) is 0 Å². The number of hydrogen-bond acceptors (Lipinski definition) is 1. The van der Waals surface area contributed by atoms with Crippen LogP contribution in [0.5, 0.6) is 0 Å². The van der Waals surface area contributed by atoms with Crippen molar-refractivity contribution < 1.29 is 0 Å². The highest BCUT2D eigenvalue weighted by Gasteiger charge is 2.12. The molecule has 0 aliphatic heterocycles. The summed E-state index contributed by atoms with van der Waals surface area (Å²) in [5.74, 6) is 0. The molecule has 0 spiro atoms. The predicted octanol–water partition coefficient (Wildman–Crippen LogP) is 3.51. The number of benzene rings is 2. The summed E-state index contributed by atoms with van der Waals surface area (Å²) in [5.41, 5.74) is 4.32. The number of rotatable bonds is 0. The minimum absolute atomic E-state index is 0.749. The zero-order valence-electron chi connectivity index (χ0n) is 9.86. The predicted molar refractivity (Wildman–Crippen MR) is 69.9 cm³/mol. The summed E-state index contributed by atoms with van der Waals surface area (Å²) in [7, 11) is 2.05. The van der Waals surface area contributed by atoms with Gasteiger partial charge in [0.25, 0.3) is 0 Å². The maximum absolute atomic E-state index is 9.21. The molecule has 1 heterocycles. The molecule has 3 rings (SSSR count). The van der Waals surface area contributed by atoms with E-state index in [-0.39, 0.29) is 0 Å². The lowest BCUT2D eigenvalue weighted by molar-refractivity contribution is 1.01. The van der Waals surface area contributed by atoms with E-state index in [1.165, 1.54) is 16.5 Å². The lowest BCUT2D eigenvalue weighted by atomic mass is 10.1. The zero-order valence-corrected chi connectivity index (χ0v) is 9.86. The average Bonchev–Trinajstić information content (AvgIpc) is 2.65. The fourth-order valence-electron chi connectivity index (χ4n) is 2.62. The molecule has 17 heavy (non-hydrogen) atoms. The van der Waals surface area contributed by atoms with Gasteiger partial charge in [-0.3, -0.25) is 0 Å². The first-order valence-corrected chi connectivity index (χ1v) is 5.61. The second kappa shape index (κ2) is 3.36. The van der Waals surface area contributed by atoms with Crippen molar-refractivity contribution in [3.63, 3.8) is 0 Å². The van der Waals surface area contributed by atoms with Crippen molar-refractivity contribution in [3.8, 4) is 6.07 Å². The maximum Gasteiger partial charge on any atom is 0.0998 e. The van der Waals surface area contributed by atoms with Crippen molar-refractivity contribution in [2.75, 3.05) is 0 Å². The molecule has 0 amide bonds. The molecule has 2 nitrogen and oxygen atoms in total. The number of fused-ring (bicyclic) bond motifs is 3. The largest absolute Gasteiger partial charge is 0.343 e. The van der Waals surface area contributed by atoms with Crippen molar-refractivity contribution in [1.82, 2.24) is 4.57 Å². The number of hydrogen-bond donors (Lipinski definition) is 0. The molecule has 0 saturated heterocycles. The fourth-order valence-corrected chi connectivity index (χ4v) is 2.62. The van der Waals surface area contributed by atoms with E-state index in [4.69, 9.17) is 0 Å². The summed E-state index contributed by atoms with van der Waals surface area (Å²) in [6.45, 7) is 2.10. The summed E-state index contributed by atoms with van der Waals surface area (Å²) < 4.78 is 2.17. The molecule has 2 aromatic carbocycles. The van der Waals surface area contributed by atoms with Gasteiger partial charge in [0.15, 0.2) is 0 Å². The van der Waals surface area contributed by atoms with E-state index >= 15 is 0 Å². The molecule has 0 aliphatic rings. The Labute approximate surface area is 99.7 Å². The number of para-hydroxylation sites is 1. The van der Waals surface area contributed by atoms with Crippen LogP contribution in [0.1, 0.15) is 11.1 Å². The van der Waals surface area contributed by atoms with Crippen LogP contribution in [0, 0.1) is 18.3 Å². The first-order valence-electron chi connectivity index (χ1n) is 5.61. The number of nitriles is 1. The van der Waals surface area contributed by atoms with Crippen LogP contribution in [-0.2, 0) is 7.05 Å². The van der Waals surface area contributed by atoms with E-state index in [2.05, 4.69) is 42.8 Å². The van der Waals surface area contributed by atoms with Crippen LogP contribution in [0.25, 0.3) is 21.8 Å². The van der Waals surface area contributed by atoms with Crippen molar-refractivity contribution in [1.29, 1.82) is 5.26 Å². The smallest absolute Gasteiger partial charge is 0.0998 e. The van der Waals surface area contributed by atoms with E-state index in [0.717, 1.165) is 16.5 Å². The van der Waals surface area contributed by atoms with Gasteiger partial charge in [-0.2, -0.15) is 5.26 Å². The zero-order chi connectivity index (χ0) is 12.0. The second-order valence-electron chi connectivity index (χ2n) is 4.34. The van der Waals surface area contributed by atoms with Crippen LogP contribution < -0.4 is 0 Å². The third-order valence-corrected chi connectivity index (χ3v) is 3.37. The molecule has 0 N–H and O–H groups in total. The highest BCUT2D eigenvalue weighted by atomic mass is 14.9. The average molecular weight is 220 g/mol. The van der Waals surface area contributed by atoms with Crippen LogP contribution >= 0.6 is 0 Å². The normalized spacial score (nSPS) is 10.9. The fraction of sp³-hybridized carbons (Fsp3) is 0.133. The van der Waals surface area contributed by atoms with Gasteiger partial charge in [0.05, 0.1) is 22.7 Å². The lowest BCUT2D eigenvalue weighted by Gasteiger charge is -2.00. The van der Waals surface area contributed by atoms with Gasteiger partial charge in [-0.15, -0.1) is 0 Å². The molecule has 3 aromatic rings. The van der Waals surface area contributed by atoms with Crippen molar-refractivity contribution >= 4 is 21.8 Å². The Kier molecular flexibility index (Phi) is 1.96. The van der Waals surface area contributed by atoms with Crippen LogP contribution in [0.2, 0.25) is 0 Å². The molecule has 0 saturated carbocycles. The van der Waals surface area contributed by atoms with Gasteiger partial charge >= 0.3 is 0 Å². The van der Waals surface area contributed by atoms with Gasteiger partial charge in [-0.05, 0) is 24.6 Å². The first kappa shape index (κ1) is 9.92. The standard InChI is InChI=1S/C15H12N2/c1-10-5-3-7-12-14-11(9-16)6-4-8-13(14)17(2)15(10)12/h3-8H,1-2H3. The molecular formula is C15H12N2. The van der Waals surface area contributed by atoms with E-state index < -0.39 is 0 Å². The Morgan fingerprint density at radius 1 is 1.12 bits per heavy atom. The minimum Gasteiger partial charge on any atom is -0.343 e. The maximum atomic E-state index is 9.21. The van der Waals surface area contributed by atoms with Gasteiger partial charge < -0.3 is 4.57 Å². The Bertz CT molecular complexity index is 773. The third kappa shape index (κ3) is 1.20. The molecule has 0 fully saturated rings. The van der Waals surface area contributed by atoms with Crippen LogP contribution in [0.4, 0.5) is 0 Å². The van der Waals surface area contributed by atoms with Gasteiger partial charge in [-0.1, -0.05) is 24.3 Å². The number of aryl methyl sites for hydroxylation is 2. The van der Waals surface area contributed by atoms with Crippen LogP contribution in [-0.4, -0.2) is 4.57 Å². The minimum atomic E-state index is 0.749. The van der Waals surface area contributed by atoms with E-state index in [9.17, 15) is 5.26 Å². The Balaban J connectivity index is 2.71. The van der Waals surface area contributed by atoms with E-state index in [1.54, 1.807) is 0 Å². The third-order valence-electron chi connectivity index (χ3n) is 3.37. The SMILES string of the molecule is Cc1cccc2c3c(C#N)cccc3n(C)c12. The molecule has 0 radical (unpaired) electrons. The molecule has 0 atom stereocenters. The van der Waals surface area contributed by atoms with E-state index in [1.807, 2.05) is 18.2 Å². The van der Waals surface area contributed by atoms with Crippen molar-refractivity contribution in [2.45, 2.75) is 6.92 Å².